The SMILES string of the molecule is Cc1cnc(=O)n(Cc2ccc(C#N)cc2F)c1. The van der Waals surface area contributed by atoms with Gasteiger partial charge in [0.1, 0.15) is 5.82 Å². The highest BCUT2D eigenvalue weighted by Crippen LogP contribution is 2.11. The van der Waals surface area contributed by atoms with E-state index in [9.17, 15) is 9.18 Å². The first-order valence-electron chi connectivity index (χ1n) is 5.32. The lowest BCUT2D eigenvalue weighted by Gasteiger charge is -2.07. The molecule has 0 aliphatic rings. The number of hydrogen-bond donors (Lipinski definition) is 0. The smallest absolute Gasteiger partial charge is 0.294 e. The number of rotatable bonds is 2. The molecule has 0 saturated heterocycles. The molecular formula is C13H10FN3O. The fraction of sp³-hybridized carbons (Fsp3) is 0.154. The topological polar surface area (TPSA) is 58.7 Å². The molecule has 0 aliphatic heterocycles. The van der Waals surface area contributed by atoms with Gasteiger partial charge in [-0.05, 0) is 24.6 Å². The van der Waals surface area contributed by atoms with Gasteiger partial charge in [0.15, 0.2) is 0 Å². The van der Waals surface area contributed by atoms with Crippen molar-refractivity contribution in [3.63, 3.8) is 0 Å². The maximum atomic E-state index is 13.7. The summed E-state index contributed by atoms with van der Waals surface area (Å²) in [4.78, 5) is 15.2. The lowest BCUT2D eigenvalue weighted by atomic mass is 10.1. The van der Waals surface area contributed by atoms with Gasteiger partial charge in [-0.25, -0.2) is 14.2 Å². The molecule has 2 rings (SSSR count). The minimum Gasteiger partial charge on any atom is -0.294 e. The van der Waals surface area contributed by atoms with E-state index in [1.807, 2.05) is 6.07 Å². The van der Waals surface area contributed by atoms with Crippen molar-refractivity contribution in [1.82, 2.24) is 9.55 Å². The second-order valence-electron chi connectivity index (χ2n) is 3.96. The van der Waals surface area contributed by atoms with Crippen LogP contribution < -0.4 is 5.69 Å². The van der Waals surface area contributed by atoms with Gasteiger partial charge in [-0.15, -0.1) is 0 Å². The first-order valence-corrected chi connectivity index (χ1v) is 5.32. The van der Waals surface area contributed by atoms with Crippen molar-refractivity contribution in [3.8, 4) is 6.07 Å². The maximum Gasteiger partial charge on any atom is 0.347 e. The van der Waals surface area contributed by atoms with Crippen molar-refractivity contribution in [2.75, 3.05) is 0 Å². The van der Waals surface area contributed by atoms with Crippen LogP contribution >= 0.6 is 0 Å². The summed E-state index contributed by atoms with van der Waals surface area (Å²) in [5, 5.41) is 8.64. The fourth-order valence-corrected chi connectivity index (χ4v) is 1.61. The molecule has 0 aliphatic carbocycles. The summed E-state index contributed by atoms with van der Waals surface area (Å²) in [7, 11) is 0. The van der Waals surface area contributed by atoms with Gasteiger partial charge in [-0.2, -0.15) is 5.26 Å². The summed E-state index contributed by atoms with van der Waals surface area (Å²) < 4.78 is 15.0. The van der Waals surface area contributed by atoms with Crippen molar-refractivity contribution in [1.29, 1.82) is 5.26 Å². The predicted octanol–water partition coefficient (Wildman–Crippen LogP) is 1.61. The third kappa shape index (κ3) is 2.43. The third-order valence-corrected chi connectivity index (χ3v) is 2.51. The van der Waals surface area contributed by atoms with E-state index in [0.717, 1.165) is 11.6 Å². The van der Waals surface area contributed by atoms with E-state index < -0.39 is 11.5 Å². The zero-order chi connectivity index (χ0) is 13.1. The van der Waals surface area contributed by atoms with Gasteiger partial charge < -0.3 is 0 Å². The normalized spacial score (nSPS) is 10.1. The van der Waals surface area contributed by atoms with Crippen LogP contribution in [0.3, 0.4) is 0 Å². The summed E-state index contributed by atoms with van der Waals surface area (Å²) in [6, 6.07) is 6.04. The number of hydrogen-bond acceptors (Lipinski definition) is 3. The van der Waals surface area contributed by atoms with Crippen LogP contribution in [0.2, 0.25) is 0 Å². The maximum absolute atomic E-state index is 13.7. The Labute approximate surface area is 103 Å². The van der Waals surface area contributed by atoms with Crippen molar-refractivity contribution >= 4 is 0 Å². The molecule has 1 aromatic heterocycles. The molecule has 18 heavy (non-hydrogen) atoms. The monoisotopic (exact) mass is 243 g/mol. The van der Waals surface area contributed by atoms with E-state index in [1.165, 1.54) is 22.9 Å². The number of benzene rings is 1. The van der Waals surface area contributed by atoms with Gasteiger partial charge in [0, 0.05) is 18.0 Å². The van der Waals surface area contributed by atoms with E-state index in [0.29, 0.717) is 5.56 Å². The highest BCUT2D eigenvalue weighted by atomic mass is 19.1. The average Bonchev–Trinajstić information content (AvgIpc) is 2.36. The van der Waals surface area contributed by atoms with Crippen LogP contribution in [0.1, 0.15) is 16.7 Å². The van der Waals surface area contributed by atoms with Crippen molar-refractivity contribution in [2.24, 2.45) is 0 Å². The van der Waals surface area contributed by atoms with Crippen molar-refractivity contribution in [2.45, 2.75) is 13.5 Å². The molecule has 0 radical (unpaired) electrons. The molecule has 2 aromatic rings. The molecule has 0 spiro atoms. The van der Waals surface area contributed by atoms with Gasteiger partial charge in [-0.1, -0.05) is 6.07 Å². The molecular weight excluding hydrogens is 233 g/mol. The fourth-order valence-electron chi connectivity index (χ4n) is 1.61. The van der Waals surface area contributed by atoms with Crippen molar-refractivity contribution in [3.05, 3.63) is 63.6 Å². The van der Waals surface area contributed by atoms with Gasteiger partial charge in [0.2, 0.25) is 0 Å². The van der Waals surface area contributed by atoms with E-state index >= 15 is 0 Å². The Balaban J connectivity index is 2.38. The van der Waals surface area contributed by atoms with E-state index in [2.05, 4.69) is 4.98 Å². The highest BCUT2D eigenvalue weighted by Gasteiger charge is 2.06. The quantitative estimate of drug-likeness (QED) is 0.805. The Kier molecular flexibility index (Phi) is 3.20. The molecule has 0 saturated carbocycles. The molecule has 1 aromatic carbocycles. The van der Waals surface area contributed by atoms with Gasteiger partial charge in [0.25, 0.3) is 0 Å². The average molecular weight is 243 g/mol. The first kappa shape index (κ1) is 12.0. The molecule has 0 bridgehead atoms. The summed E-state index contributed by atoms with van der Waals surface area (Å²) >= 11 is 0. The molecule has 0 unspecified atom stereocenters. The number of nitrogens with zero attached hydrogens (tertiary/aromatic N) is 3. The second kappa shape index (κ2) is 4.80. The van der Waals surface area contributed by atoms with E-state index in [4.69, 9.17) is 5.26 Å². The zero-order valence-corrected chi connectivity index (χ0v) is 9.72. The standard InChI is InChI=1S/C13H10FN3O/c1-9-6-16-13(18)17(7-9)8-11-3-2-10(5-15)4-12(11)14/h2-4,6-7H,8H2,1H3. The summed E-state index contributed by atoms with van der Waals surface area (Å²) in [6.07, 6.45) is 3.08. The Morgan fingerprint density at radius 3 is 2.94 bits per heavy atom. The summed E-state index contributed by atoms with van der Waals surface area (Å²) in [5.74, 6) is -0.498. The molecule has 0 amide bonds. The minimum absolute atomic E-state index is 0.102. The lowest BCUT2D eigenvalue weighted by Crippen LogP contribution is -2.23. The van der Waals surface area contributed by atoms with Gasteiger partial charge in [0.05, 0.1) is 18.2 Å². The zero-order valence-electron chi connectivity index (χ0n) is 9.72. The van der Waals surface area contributed by atoms with Crippen LogP contribution in [0.15, 0.2) is 35.4 Å². The Morgan fingerprint density at radius 2 is 2.28 bits per heavy atom. The highest BCUT2D eigenvalue weighted by molar-refractivity contribution is 5.33. The molecule has 0 fully saturated rings. The Bertz CT molecular complexity index is 685. The minimum atomic E-state index is -0.498. The number of aryl methyl sites for hydroxylation is 1. The first-order chi connectivity index (χ1) is 8.60. The van der Waals surface area contributed by atoms with Gasteiger partial charge >= 0.3 is 5.69 Å². The molecule has 1 heterocycles. The summed E-state index contributed by atoms with van der Waals surface area (Å²) in [5.41, 5.74) is 1.00. The van der Waals surface area contributed by atoms with E-state index in [1.54, 1.807) is 13.1 Å². The number of halogens is 1. The molecule has 0 atom stereocenters. The number of nitriles is 1. The van der Waals surface area contributed by atoms with Crippen LogP contribution in [-0.4, -0.2) is 9.55 Å². The Morgan fingerprint density at radius 1 is 1.50 bits per heavy atom. The van der Waals surface area contributed by atoms with Gasteiger partial charge in [-0.3, -0.25) is 4.57 Å². The molecule has 0 N–H and O–H groups in total. The van der Waals surface area contributed by atoms with E-state index in [-0.39, 0.29) is 12.1 Å². The molecule has 4 nitrogen and oxygen atoms in total. The largest absolute Gasteiger partial charge is 0.347 e. The second-order valence-corrected chi connectivity index (χ2v) is 3.96. The molecule has 5 heteroatoms. The van der Waals surface area contributed by atoms with Crippen molar-refractivity contribution < 1.29 is 4.39 Å². The molecule has 90 valence electrons. The third-order valence-electron chi connectivity index (χ3n) is 2.51. The summed E-state index contributed by atoms with van der Waals surface area (Å²) in [6.45, 7) is 1.91. The predicted molar refractivity (Wildman–Crippen MR) is 63.5 cm³/mol. The van der Waals surface area contributed by atoms with Crippen LogP contribution in [-0.2, 0) is 6.54 Å². The lowest BCUT2D eigenvalue weighted by molar-refractivity contribution is 0.592. The van der Waals surface area contributed by atoms with Crippen LogP contribution in [0.4, 0.5) is 4.39 Å². The van der Waals surface area contributed by atoms with Crippen LogP contribution in [0.25, 0.3) is 0 Å². The van der Waals surface area contributed by atoms with Crippen LogP contribution in [0.5, 0.6) is 0 Å². The Hall–Kier alpha value is -2.48. The number of aromatic nitrogens is 2. The van der Waals surface area contributed by atoms with Crippen LogP contribution in [0, 0.1) is 24.1 Å².